The van der Waals surface area contributed by atoms with E-state index in [1.165, 1.54) is 6.08 Å². The maximum absolute atomic E-state index is 12.5. The molecule has 0 aromatic heterocycles. The SMILES string of the molecule is N#C/C(=C\c1cc(Cl)ccc1OCc1ccccc1)C(=O)Nc1cccc(Cl)c1. The van der Waals surface area contributed by atoms with Gasteiger partial charge in [-0.15, -0.1) is 0 Å². The molecular weight excluding hydrogens is 407 g/mol. The minimum Gasteiger partial charge on any atom is -0.488 e. The third-order valence-electron chi connectivity index (χ3n) is 3.96. The normalized spacial score (nSPS) is 10.9. The van der Waals surface area contributed by atoms with Gasteiger partial charge in [-0.25, -0.2) is 0 Å². The van der Waals surface area contributed by atoms with Crippen LogP contribution in [0.3, 0.4) is 0 Å². The number of rotatable bonds is 6. The number of nitriles is 1. The van der Waals surface area contributed by atoms with Gasteiger partial charge in [0.25, 0.3) is 5.91 Å². The Hall–Kier alpha value is -3.26. The Balaban J connectivity index is 1.83. The number of halogens is 2. The summed E-state index contributed by atoms with van der Waals surface area (Å²) in [6.45, 7) is 0.347. The molecule has 1 amide bonds. The van der Waals surface area contributed by atoms with Crippen molar-refractivity contribution in [3.63, 3.8) is 0 Å². The number of carbonyl (C=O) groups excluding carboxylic acids is 1. The van der Waals surface area contributed by atoms with Gasteiger partial charge in [-0.3, -0.25) is 4.79 Å². The fourth-order valence-electron chi connectivity index (χ4n) is 2.57. The van der Waals surface area contributed by atoms with Crippen molar-refractivity contribution in [3.05, 3.63) is 99.5 Å². The topological polar surface area (TPSA) is 62.1 Å². The van der Waals surface area contributed by atoms with Gasteiger partial charge in [-0.05, 0) is 48.0 Å². The van der Waals surface area contributed by atoms with Crippen LogP contribution in [0, 0.1) is 11.3 Å². The first kappa shape index (κ1) is 20.5. The summed E-state index contributed by atoms with van der Waals surface area (Å²) in [7, 11) is 0. The summed E-state index contributed by atoms with van der Waals surface area (Å²) in [5.41, 5.74) is 1.94. The molecule has 144 valence electrons. The van der Waals surface area contributed by atoms with E-state index < -0.39 is 5.91 Å². The van der Waals surface area contributed by atoms with Crippen molar-refractivity contribution in [2.75, 3.05) is 5.32 Å². The van der Waals surface area contributed by atoms with Gasteiger partial charge in [0.05, 0.1) is 0 Å². The molecule has 0 bridgehead atoms. The molecule has 6 heteroatoms. The fraction of sp³-hybridized carbons (Fsp3) is 0.0435. The highest BCUT2D eigenvalue weighted by atomic mass is 35.5. The number of benzene rings is 3. The molecule has 3 rings (SSSR count). The van der Waals surface area contributed by atoms with Gasteiger partial charge in [-0.1, -0.05) is 59.6 Å². The summed E-state index contributed by atoms with van der Waals surface area (Å²) in [4.78, 5) is 12.5. The molecule has 3 aromatic rings. The Morgan fingerprint density at radius 2 is 1.76 bits per heavy atom. The fourth-order valence-corrected chi connectivity index (χ4v) is 2.94. The van der Waals surface area contributed by atoms with E-state index >= 15 is 0 Å². The summed E-state index contributed by atoms with van der Waals surface area (Å²) in [5, 5.41) is 13.1. The van der Waals surface area contributed by atoms with E-state index in [9.17, 15) is 10.1 Å². The van der Waals surface area contributed by atoms with Gasteiger partial charge in [0.2, 0.25) is 0 Å². The zero-order valence-electron chi connectivity index (χ0n) is 15.2. The molecule has 0 spiro atoms. The van der Waals surface area contributed by atoms with Gasteiger partial charge in [-0.2, -0.15) is 5.26 Å². The lowest BCUT2D eigenvalue weighted by molar-refractivity contribution is -0.112. The Bertz CT molecular complexity index is 1090. The molecule has 0 radical (unpaired) electrons. The van der Waals surface area contributed by atoms with Crippen molar-refractivity contribution >= 4 is 40.9 Å². The number of ether oxygens (including phenoxy) is 1. The number of nitrogens with one attached hydrogen (secondary N) is 1. The zero-order valence-corrected chi connectivity index (χ0v) is 16.7. The Morgan fingerprint density at radius 1 is 1.00 bits per heavy atom. The van der Waals surface area contributed by atoms with Crippen LogP contribution < -0.4 is 10.1 Å². The van der Waals surface area contributed by atoms with Gasteiger partial charge >= 0.3 is 0 Å². The third-order valence-corrected chi connectivity index (χ3v) is 4.43. The maximum atomic E-state index is 12.5. The zero-order chi connectivity index (χ0) is 20.6. The highest BCUT2D eigenvalue weighted by Gasteiger charge is 2.12. The summed E-state index contributed by atoms with van der Waals surface area (Å²) in [6, 6.07) is 23.3. The van der Waals surface area contributed by atoms with Crippen LogP contribution in [0.1, 0.15) is 11.1 Å². The quantitative estimate of drug-likeness (QED) is 0.384. The average Bonchev–Trinajstić information content (AvgIpc) is 2.72. The van der Waals surface area contributed by atoms with Crippen LogP contribution in [-0.4, -0.2) is 5.91 Å². The molecule has 3 aromatic carbocycles. The molecular formula is C23H16Cl2N2O2. The predicted octanol–water partition coefficient (Wildman–Crippen LogP) is 6.12. The number of nitrogens with zero attached hydrogens (tertiary/aromatic N) is 1. The van der Waals surface area contributed by atoms with Crippen LogP contribution >= 0.6 is 23.2 Å². The first-order valence-electron chi connectivity index (χ1n) is 8.70. The molecule has 0 atom stereocenters. The second kappa shape index (κ2) is 9.79. The van der Waals surface area contributed by atoms with Gasteiger partial charge in [0.15, 0.2) is 0 Å². The molecule has 29 heavy (non-hydrogen) atoms. The summed E-state index contributed by atoms with van der Waals surface area (Å²) >= 11 is 12.0. The number of anilines is 1. The molecule has 0 unspecified atom stereocenters. The lowest BCUT2D eigenvalue weighted by Gasteiger charge is -2.11. The lowest BCUT2D eigenvalue weighted by atomic mass is 10.1. The van der Waals surface area contributed by atoms with Crippen LogP contribution in [-0.2, 0) is 11.4 Å². The van der Waals surface area contributed by atoms with Crippen molar-refractivity contribution in [1.82, 2.24) is 0 Å². The Morgan fingerprint density at radius 3 is 2.48 bits per heavy atom. The van der Waals surface area contributed by atoms with Crippen molar-refractivity contribution in [2.45, 2.75) is 6.61 Å². The van der Waals surface area contributed by atoms with Gasteiger partial charge in [0.1, 0.15) is 24.0 Å². The van der Waals surface area contributed by atoms with Crippen LogP contribution in [0.5, 0.6) is 5.75 Å². The van der Waals surface area contributed by atoms with Crippen LogP contribution in [0.15, 0.2) is 78.4 Å². The minimum absolute atomic E-state index is 0.0863. The Labute approximate surface area is 179 Å². The van der Waals surface area contributed by atoms with Crippen molar-refractivity contribution in [2.24, 2.45) is 0 Å². The molecule has 0 heterocycles. The number of hydrogen-bond acceptors (Lipinski definition) is 3. The van der Waals surface area contributed by atoms with E-state index in [2.05, 4.69) is 5.32 Å². The monoisotopic (exact) mass is 422 g/mol. The third kappa shape index (κ3) is 5.86. The molecule has 0 saturated heterocycles. The second-order valence-electron chi connectivity index (χ2n) is 6.09. The van der Waals surface area contributed by atoms with Crippen LogP contribution in [0.4, 0.5) is 5.69 Å². The number of carbonyl (C=O) groups is 1. The summed E-state index contributed by atoms with van der Waals surface area (Å²) in [5.74, 6) is -0.0367. The average molecular weight is 423 g/mol. The van der Waals surface area contributed by atoms with Gasteiger partial charge < -0.3 is 10.1 Å². The van der Waals surface area contributed by atoms with E-state index in [0.717, 1.165) is 5.56 Å². The summed E-state index contributed by atoms with van der Waals surface area (Å²) in [6.07, 6.45) is 1.45. The number of hydrogen-bond donors (Lipinski definition) is 1. The number of amides is 1. The molecule has 0 aliphatic heterocycles. The molecule has 0 saturated carbocycles. The molecule has 0 aliphatic carbocycles. The molecule has 1 N–H and O–H groups in total. The lowest BCUT2D eigenvalue weighted by Crippen LogP contribution is -2.13. The van der Waals surface area contributed by atoms with Crippen molar-refractivity contribution < 1.29 is 9.53 Å². The molecule has 0 fully saturated rings. The highest BCUT2D eigenvalue weighted by Crippen LogP contribution is 2.26. The van der Waals surface area contributed by atoms with E-state index in [0.29, 0.717) is 33.7 Å². The first-order chi connectivity index (χ1) is 14.0. The van der Waals surface area contributed by atoms with E-state index in [-0.39, 0.29) is 5.57 Å². The first-order valence-corrected chi connectivity index (χ1v) is 9.46. The predicted molar refractivity (Wildman–Crippen MR) is 116 cm³/mol. The molecule has 0 aliphatic rings. The van der Waals surface area contributed by atoms with Gasteiger partial charge in [0, 0.05) is 21.3 Å². The highest BCUT2D eigenvalue weighted by molar-refractivity contribution is 6.31. The van der Waals surface area contributed by atoms with Crippen LogP contribution in [0.25, 0.3) is 6.08 Å². The largest absolute Gasteiger partial charge is 0.488 e. The molecule has 4 nitrogen and oxygen atoms in total. The second-order valence-corrected chi connectivity index (χ2v) is 6.96. The van der Waals surface area contributed by atoms with E-state index in [1.807, 2.05) is 36.4 Å². The van der Waals surface area contributed by atoms with E-state index in [1.54, 1.807) is 42.5 Å². The minimum atomic E-state index is -0.552. The summed E-state index contributed by atoms with van der Waals surface area (Å²) < 4.78 is 5.88. The van der Waals surface area contributed by atoms with Crippen molar-refractivity contribution in [1.29, 1.82) is 5.26 Å². The van der Waals surface area contributed by atoms with Crippen molar-refractivity contribution in [3.8, 4) is 11.8 Å². The smallest absolute Gasteiger partial charge is 0.266 e. The van der Waals surface area contributed by atoms with E-state index in [4.69, 9.17) is 27.9 Å². The standard InChI is InChI=1S/C23H16Cl2N2O2/c24-19-7-4-8-21(13-19)27-23(28)18(14-26)11-17-12-20(25)9-10-22(17)29-15-16-5-2-1-3-6-16/h1-13H,15H2,(H,27,28)/b18-11+. The Kier molecular flexibility index (Phi) is 6.91. The maximum Gasteiger partial charge on any atom is 0.266 e. The van der Waals surface area contributed by atoms with Crippen LogP contribution in [0.2, 0.25) is 10.0 Å².